The molecule has 0 aromatic heterocycles. The highest BCUT2D eigenvalue weighted by Gasteiger charge is 2.23. The lowest BCUT2D eigenvalue weighted by atomic mass is 10.0. The summed E-state index contributed by atoms with van der Waals surface area (Å²) in [4.78, 5) is 24.9. The molecule has 0 radical (unpaired) electrons. The smallest absolute Gasteiger partial charge is 0.410 e. The summed E-state index contributed by atoms with van der Waals surface area (Å²) in [6.07, 6.45) is 3.45. The number of rotatable bonds is 2. The second-order valence-electron chi connectivity index (χ2n) is 7.14. The van der Waals surface area contributed by atoms with Crippen LogP contribution < -0.4 is 0 Å². The van der Waals surface area contributed by atoms with E-state index in [-0.39, 0.29) is 17.2 Å². The fraction of sp³-hybridized carbons (Fsp3) is 0.474. The normalized spacial score (nSPS) is 17.3. The van der Waals surface area contributed by atoms with Crippen LogP contribution in [0.1, 0.15) is 56.0 Å². The van der Waals surface area contributed by atoms with Crippen LogP contribution in [0.2, 0.25) is 0 Å². The zero-order chi connectivity index (χ0) is 18.6. The first-order valence-corrected chi connectivity index (χ1v) is 8.36. The van der Waals surface area contributed by atoms with Gasteiger partial charge in [-0.1, -0.05) is 23.8 Å². The molecule has 6 heteroatoms. The van der Waals surface area contributed by atoms with Gasteiger partial charge in [-0.15, -0.1) is 0 Å². The van der Waals surface area contributed by atoms with E-state index < -0.39 is 17.4 Å². The van der Waals surface area contributed by atoms with Crippen molar-refractivity contribution in [3.05, 3.63) is 40.7 Å². The summed E-state index contributed by atoms with van der Waals surface area (Å²) in [5, 5.41) is 9.01. The first kappa shape index (κ1) is 19.0. The van der Waals surface area contributed by atoms with Crippen molar-refractivity contribution in [1.82, 2.24) is 4.90 Å². The number of carbonyl (C=O) groups excluding carboxylic acids is 1. The van der Waals surface area contributed by atoms with Crippen molar-refractivity contribution in [3.63, 3.8) is 0 Å². The summed E-state index contributed by atoms with van der Waals surface area (Å²) < 4.78 is 19.7. The molecule has 1 N–H and O–H groups in total. The number of benzene rings is 1. The molecule has 1 aromatic rings. The molecule has 25 heavy (non-hydrogen) atoms. The molecule has 1 heterocycles. The fourth-order valence-corrected chi connectivity index (χ4v) is 2.71. The average Bonchev–Trinajstić information content (AvgIpc) is 2.73. The lowest BCUT2D eigenvalue weighted by Gasteiger charge is -2.26. The van der Waals surface area contributed by atoms with E-state index in [1.807, 2.05) is 20.8 Å². The Hall–Kier alpha value is -2.37. The van der Waals surface area contributed by atoms with E-state index in [1.54, 1.807) is 17.0 Å². The molecule has 1 aliphatic heterocycles. The summed E-state index contributed by atoms with van der Waals surface area (Å²) in [5.41, 5.74) is 0.383. The van der Waals surface area contributed by atoms with Gasteiger partial charge in [-0.3, -0.25) is 0 Å². The van der Waals surface area contributed by atoms with Gasteiger partial charge in [-0.05, 0) is 46.1 Å². The molecule has 1 saturated heterocycles. The maximum Gasteiger partial charge on any atom is 0.410 e. The van der Waals surface area contributed by atoms with E-state index in [1.165, 1.54) is 12.1 Å². The van der Waals surface area contributed by atoms with Crippen LogP contribution in [0.4, 0.5) is 9.18 Å². The van der Waals surface area contributed by atoms with Crippen LogP contribution in [0.25, 0.3) is 6.08 Å². The summed E-state index contributed by atoms with van der Waals surface area (Å²) in [5.74, 6) is -2.01. The lowest BCUT2D eigenvalue weighted by Crippen LogP contribution is -2.37. The Balaban J connectivity index is 2.11. The van der Waals surface area contributed by atoms with Crippen molar-refractivity contribution in [2.24, 2.45) is 0 Å². The van der Waals surface area contributed by atoms with E-state index in [0.717, 1.165) is 18.4 Å². The van der Waals surface area contributed by atoms with Crippen LogP contribution in [0.15, 0.2) is 23.8 Å². The third-order valence-electron chi connectivity index (χ3n) is 3.90. The van der Waals surface area contributed by atoms with Gasteiger partial charge in [-0.2, -0.15) is 0 Å². The number of halogens is 1. The second kappa shape index (κ2) is 7.68. The van der Waals surface area contributed by atoms with Gasteiger partial charge in [0.25, 0.3) is 0 Å². The Labute approximate surface area is 147 Å². The Kier molecular flexibility index (Phi) is 5.82. The number of likely N-dealkylation sites (tertiary alicyclic amines) is 1. The van der Waals surface area contributed by atoms with Crippen molar-refractivity contribution < 1.29 is 23.8 Å². The fourth-order valence-electron chi connectivity index (χ4n) is 2.71. The molecule has 1 fully saturated rings. The Morgan fingerprint density at radius 1 is 1.24 bits per heavy atom. The zero-order valence-electron chi connectivity index (χ0n) is 14.8. The number of amides is 1. The van der Waals surface area contributed by atoms with Gasteiger partial charge in [0.2, 0.25) is 0 Å². The molecule has 0 saturated carbocycles. The maximum atomic E-state index is 14.3. The number of carbonyl (C=O) groups is 2. The number of hydrogen-bond donors (Lipinski definition) is 1. The average molecular weight is 349 g/mol. The minimum Gasteiger partial charge on any atom is -0.478 e. The highest BCUT2D eigenvalue weighted by molar-refractivity contribution is 5.88. The van der Waals surface area contributed by atoms with Gasteiger partial charge in [-0.25, -0.2) is 14.0 Å². The van der Waals surface area contributed by atoms with E-state index in [2.05, 4.69) is 0 Å². The third kappa shape index (κ3) is 5.31. The molecule has 1 aliphatic rings. The predicted molar refractivity (Wildman–Crippen MR) is 93.0 cm³/mol. The first-order valence-electron chi connectivity index (χ1n) is 8.36. The number of nitrogens with zero attached hydrogens (tertiary/aromatic N) is 1. The molecular formula is C19H24FNO4. The summed E-state index contributed by atoms with van der Waals surface area (Å²) >= 11 is 0. The molecule has 5 nitrogen and oxygen atoms in total. The van der Waals surface area contributed by atoms with Crippen LogP contribution >= 0.6 is 0 Å². The largest absolute Gasteiger partial charge is 0.478 e. The Morgan fingerprint density at radius 2 is 1.96 bits per heavy atom. The molecule has 0 spiro atoms. The summed E-state index contributed by atoms with van der Waals surface area (Å²) in [6.45, 7) is 6.57. The molecule has 0 unspecified atom stereocenters. The van der Waals surface area contributed by atoms with Gasteiger partial charge in [0.1, 0.15) is 11.4 Å². The van der Waals surface area contributed by atoms with Crippen molar-refractivity contribution in [1.29, 1.82) is 0 Å². The first-order chi connectivity index (χ1) is 11.7. The molecule has 1 aromatic carbocycles. The number of ether oxygens (including phenoxy) is 1. The van der Waals surface area contributed by atoms with Crippen molar-refractivity contribution >= 4 is 18.1 Å². The Bertz CT molecular complexity index is 691. The molecule has 2 rings (SSSR count). The van der Waals surface area contributed by atoms with Crippen molar-refractivity contribution in [3.8, 4) is 0 Å². The third-order valence-corrected chi connectivity index (χ3v) is 3.90. The molecule has 0 bridgehead atoms. The van der Waals surface area contributed by atoms with E-state index in [9.17, 15) is 14.0 Å². The monoisotopic (exact) mass is 349 g/mol. The van der Waals surface area contributed by atoms with E-state index in [4.69, 9.17) is 9.84 Å². The second-order valence-corrected chi connectivity index (χ2v) is 7.14. The number of carboxylic acid groups (broad SMARTS) is 1. The number of hydrogen-bond acceptors (Lipinski definition) is 3. The van der Waals surface area contributed by atoms with Gasteiger partial charge in [0.05, 0.1) is 5.56 Å². The summed E-state index contributed by atoms with van der Waals surface area (Å²) in [7, 11) is 0. The highest BCUT2D eigenvalue weighted by atomic mass is 19.1. The van der Waals surface area contributed by atoms with E-state index >= 15 is 0 Å². The van der Waals surface area contributed by atoms with E-state index in [0.29, 0.717) is 19.5 Å². The van der Waals surface area contributed by atoms with Crippen LogP contribution in [0.3, 0.4) is 0 Å². The number of aromatic carboxylic acids is 1. The van der Waals surface area contributed by atoms with Gasteiger partial charge in [0, 0.05) is 18.7 Å². The van der Waals surface area contributed by atoms with Crippen molar-refractivity contribution in [2.75, 3.05) is 13.1 Å². The topological polar surface area (TPSA) is 66.8 Å². The van der Waals surface area contributed by atoms with Gasteiger partial charge in [0.15, 0.2) is 0 Å². The minimum absolute atomic E-state index is 0.264. The highest BCUT2D eigenvalue weighted by Crippen LogP contribution is 2.23. The molecule has 1 amide bonds. The molecule has 136 valence electrons. The minimum atomic E-state index is -1.28. The van der Waals surface area contributed by atoms with Crippen LogP contribution in [0, 0.1) is 5.82 Å². The van der Waals surface area contributed by atoms with Crippen molar-refractivity contribution in [2.45, 2.75) is 45.6 Å². The lowest BCUT2D eigenvalue weighted by molar-refractivity contribution is 0.0258. The van der Waals surface area contributed by atoms with Gasteiger partial charge >= 0.3 is 12.1 Å². The van der Waals surface area contributed by atoms with Gasteiger partial charge < -0.3 is 14.7 Å². The van der Waals surface area contributed by atoms with Crippen LogP contribution in [0.5, 0.6) is 0 Å². The standard InChI is InChI=1S/C19H24FNO4/c1-19(2,3)25-18(24)21-10-5-6-13(9-11-21)12-14-7-4-8-15(16(14)20)17(22)23/h4,7-8,12H,5-6,9-11H2,1-3H3,(H,22,23)/b13-12-. The predicted octanol–water partition coefficient (Wildman–Crippen LogP) is 4.33. The quantitative estimate of drug-likeness (QED) is 0.863. The number of carboxylic acids is 1. The van der Waals surface area contributed by atoms with Crippen LogP contribution in [-0.4, -0.2) is 40.8 Å². The molecular weight excluding hydrogens is 325 g/mol. The van der Waals surface area contributed by atoms with Crippen LogP contribution in [-0.2, 0) is 4.74 Å². The summed E-state index contributed by atoms with van der Waals surface area (Å²) in [6, 6.07) is 4.34. The Morgan fingerprint density at radius 3 is 2.60 bits per heavy atom. The zero-order valence-corrected chi connectivity index (χ0v) is 14.8. The molecule has 0 aliphatic carbocycles. The SMILES string of the molecule is CC(C)(C)OC(=O)N1CCC/C(=C/c2cccc(C(=O)O)c2F)CC1. The molecule has 0 atom stereocenters. The maximum absolute atomic E-state index is 14.3.